The lowest BCUT2D eigenvalue weighted by molar-refractivity contribution is 0.525. The molecule has 0 bridgehead atoms. The van der Waals surface area contributed by atoms with Crippen LogP contribution in [0.25, 0.3) is 11.5 Å². The molecule has 0 radical (unpaired) electrons. The molecular formula is C25H21ClFN3O3S. The summed E-state index contributed by atoms with van der Waals surface area (Å²) in [6, 6.07) is 21.6. The smallest absolute Gasteiger partial charge is 0.236 e. The first kappa shape index (κ1) is 22.4. The Labute approximate surface area is 202 Å². The molecule has 9 heteroatoms. The van der Waals surface area contributed by atoms with Crippen molar-refractivity contribution in [1.82, 2.24) is 4.98 Å². The number of benzene rings is 3. The molecule has 174 valence electrons. The number of aromatic nitrogens is 1. The maximum atomic E-state index is 13.5. The lowest BCUT2D eigenvalue weighted by atomic mass is 10.2. The highest BCUT2D eigenvalue weighted by molar-refractivity contribution is 7.91. The number of nitrogens with zero attached hydrogens (tertiary/aromatic N) is 3. The van der Waals surface area contributed by atoms with E-state index in [1.54, 1.807) is 0 Å². The van der Waals surface area contributed by atoms with Crippen molar-refractivity contribution >= 4 is 33.0 Å². The number of oxazole rings is 1. The molecule has 0 amide bonds. The molecule has 0 N–H and O–H groups in total. The highest BCUT2D eigenvalue weighted by Gasteiger charge is 2.33. The van der Waals surface area contributed by atoms with Gasteiger partial charge in [-0.2, -0.15) is 4.98 Å². The van der Waals surface area contributed by atoms with Crippen LogP contribution in [0.5, 0.6) is 0 Å². The van der Waals surface area contributed by atoms with Crippen molar-refractivity contribution in [3.8, 4) is 11.5 Å². The molecule has 1 saturated heterocycles. The minimum atomic E-state index is -3.99. The maximum Gasteiger partial charge on any atom is 0.236 e. The molecule has 3 aromatic carbocycles. The van der Waals surface area contributed by atoms with Crippen molar-refractivity contribution in [2.45, 2.75) is 9.92 Å². The van der Waals surface area contributed by atoms with Gasteiger partial charge in [0.1, 0.15) is 5.82 Å². The van der Waals surface area contributed by atoms with Crippen LogP contribution >= 0.6 is 11.6 Å². The molecule has 1 aromatic heterocycles. The predicted octanol–water partition coefficient (Wildman–Crippen LogP) is 5.29. The van der Waals surface area contributed by atoms with Crippen LogP contribution in [0.4, 0.5) is 16.0 Å². The van der Waals surface area contributed by atoms with E-state index in [4.69, 9.17) is 16.0 Å². The summed E-state index contributed by atoms with van der Waals surface area (Å²) in [7, 11) is -3.99. The molecule has 4 aromatic rings. The van der Waals surface area contributed by atoms with Crippen LogP contribution in [0.2, 0.25) is 5.02 Å². The molecule has 0 aliphatic carbocycles. The Morgan fingerprint density at radius 1 is 0.824 bits per heavy atom. The molecule has 5 rings (SSSR count). The average Bonchev–Trinajstić information content (AvgIpc) is 3.32. The second-order valence-corrected chi connectivity index (χ2v) is 10.2. The highest BCUT2D eigenvalue weighted by atomic mass is 35.5. The molecule has 0 unspecified atom stereocenters. The first-order valence-corrected chi connectivity index (χ1v) is 12.6. The van der Waals surface area contributed by atoms with Crippen molar-refractivity contribution in [1.29, 1.82) is 0 Å². The third kappa shape index (κ3) is 4.38. The quantitative estimate of drug-likeness (QED) is 0.373. The third-order valence-electron chi connectivity index (χ3n) is 5.74. The second-order valence-electron chi connectivity index (χ2n) is 7.90. The average molecular weight is 498 g/mol. The van der Waals surface area contributed by atoms with E-state index in [0.717, 1.165) is 5.69 Å². The fourth-order valence-corrected chi connectivity index (χ4v) is 5.37. The molecule has 1 aliphatic rings. The number of piperazine rings is 1. The predicted molar refractivity (Wildman–Crippen MR) is 130 cm³/mol. The Morgan fingerprint density at radius 3 is 2.09 bits per heavy atom. The van der Waals surface area contributed by atoms with Gasteiger partial charge in [0.2, 0.25) is 26.6 Å². The summed E-state index contributed by atoms with van der Waals surface area (Å²) in [6.07, 6.45) is 0. The van der Waals surface area contributed by atoms with Crippen LogP contribution in [-0.2, 0) is 9.84 Å². The summed E-state index contributed by atoms with van der Waals surface area (Å²) in [4.78, 5) is 8.57. The van der Waals surface area contributed by atoms with E-state index in [9.17, 15) is 12.8 Å². The Hall–Kier alpha value is -3.36. The van der Waals surface area contributed by atoms with Gasteiger partial charge in [0.15, 0.2) is 0 Å². The first-order chi connectivity index (χ1) is 16.4. The molecule has 34 heavy (non-hydrogen) atoms. The van der Waals surface area contributed by atoms with Gasteiger partial charge < -0.3 is 14.2 Å². The Kier molecular flexibility index (Phi) is 6.02. The zero-order valence-corrected chi connectivity index (χ0v) is 19.6. The molecule has 6 nitrogen and oxygen atoms in total. The monoisotopic (exact) mass is 497 g/mol. The summed E-state index contributed by atoms with van der Waals surface area (Å²) in [5, 5.41) is 0.269. The number of halogens is 2. The summed E-state index contributed by atoms with van der Waals surface area (Å²) in [5.74, 6) is -0.100. The van der Waals surface area contributed by atoms with E-state index < -0.39 is 15.7 Å². The second kappa shape index (κ2) is 9.12. The van der Waals surface area contributed by atoms with Gasteiger partial charge in [0.05, 0.1) is 4.90 Å². The van der Waals surface area contributed by atoms with Crippen molar-refractivity contribution in [2.24, 2.45) is 0 Å². The van der Waals surface area contributed by atoms with Crippen LogP contribution < -0.4 is 9.80 Å². The van der Waals surface area contributed by atoms with Crippen molar-refractivity contribution in [3.05, 3.63) is 89.7 Å². The molecule has 0 saturated carbocycles. The zero-order chi connectivity index (χ0) is 23.7. The van der Waals surface area contributed by atoms with Crippen LogP contribution in [-0.4, -0.2) is 39.6 Å². The van der Waals surface area contributed by atoms with E-state index in [-0.39, 0.29) is 21.7 Å². The van der Waals surface area contributed by atoms with E-state index >= 15 is 0 Å². The zero-order valence-electron chi connectivity index (χ0n) is 18.1. The van der Waals surface area contributed by atoms with Crippen LogP contribution in [0.1, 0.15) is 0 Å². The fraction of sp³-hybridized carbons (Fsp3) is 0.160. The number of sulfone groups is 1. The Morgan fingerprint density at radius 2 is 1.44 bits per heavy atom. The normalized spacial score (nSPS) is 14.4. The minimum Gasteiger partial charge on any atom is -0.419 e. The maximum absolute atomic E-state index is 13.5. The van der Waals surface area contributed by atoms with E-state index in [1.807, 2.05) is 35.2 Å². The first-order valence-electron chi connectivity index (χ1n) is 10.7. The van der Waals surface area contributed by atoms with Crippen molar-refractivity contribution < 1.29 is 17.2 Å². The largest absolute Gasteiger partial charge is 0.419 e. The number of para-hydroxylation sites is 1. The molecule has 1 fully saturated rings. The Bertz CT molecular complexity index is 1380. The van der Waals surface area contributed by atoms with Gasteiger partial charge in [0, 0.05) is 42.5 Å². The number of anilines is 2. The third-order valence-corrected chi connectivity index (χ3v) is 7.66. The van der Waals surface area contributed by atoms with Gasteiger partial charge in [0.25, 0.3) is 0 Å². The Balaban J connectivity index is 1.52. The molecule has 1 aliphatic heterocycles. The van der Waals surface area contributed by atoms with Gasteiger partial charge in [-0.1, -0.05) is 29.8 Å². The van der Waals surface area contributed by atoms with E-state index in [0.29, 0.717) is 36.8 Å². The van der Waals surface area contributed by atoms with Crippen LogP contribution in [0.15, 0.2) is 93.2 Å². The number of rotatable bonds is 5. The molecule has 2 heterocycles. The SMILES string of the molecule is O=S(=O)(c1ccc(Cl)cc1)c1nc(-c2ccc(F)cc2)oc1N1CCN(c2ccccc2)CC1. The summed E-state index contributed by atoms with van der Waals surface area (Å²) < 4.78 is 46.5. The number of hydrogen-bond acceptors (Lipinski definition) is 6. The van der Waals surface area contributed by atoms with Gasteiger partial charge in [-0.05, 0) is 60.7 Å². The minimum absolute atomic E-state index is 0.0695. The molecular weight excluding hydrogens is 477 g/mol. The summed E-state index contributed by atoms with van der Waals surface area (Å²) in [6.45, 7) is 2.49. The topological polar surface area (TPSA) is 66.7 Å². The van der Waals surface area contributed by atoms with Crippen molar-refractivity contribution in [2.75, 3.05) is 36.0 Å². The number of hydrogen-bond donors (Lipinski definition) is 0. The molecule has 0 spiro atoms. The summed E-state index contributed by atoms with van der Waals surface area (Å²) in [5.41, 5.74) is 1.60. The van der Waals surface area contributed by atoms with Crippen LogP contribution in [0.3, 0.4) is 0 Å². The standard InChI is InChI=1S/C25H21ClFN3O3S/c26-19-8-12-22(13-9-19)34(31,32)24-25(33-23(28-24)18-6-10-20(27)11-7-18)30-16-14-29(15-17-30)21-4-2-1-3-5-21/h1-13H,14-17H2. The van der Waals surface area contributed by atoms with E-state index in [2.05, 4.69) is 9.88 Å². The van der Waals surface area contributed by atoms with E-state index in [1.165, 1.54) is 48.5 Å². The van der Waals surface area contributed by atoms with Crippen LogP contribution in [0, 0.1) is 5.82 Å². The van der Waals surface area contributed by atoms with Gasteiger partial charge >= 0.3 is 0 Å². The lowest BCUT2D eigenvalue weighted by Gasteiger charge is -2.36. The summed E-state index contributed by atoms with van der Waals surface area (Å²) >= 11 is 5.95. The van der Waals surface area contributed by atoms with Gasteiger partial charge in [-0.3, -0.25) is 0 Å². The highest BCUT2D eigenvalue weighted by Crippen LogP contribution is 2.35. The van der Waals surface area contributed by atoms with Crippen molar-refractivity contribution in [3.63, 3.8) is 0 Å². The van der Waals surface area contributed by atoms with Gasteiger partial charge in [-0.25, -0.2) is 12.8 Å². The van der Waals surface area contributed by atoms with Gasteiger partial charge in [-0.15, -0.1) is 0 Å². The lowest BCUT2D eigenvalue weighted by Crippen LogP contribution is -2.46. The molecule has 0 atom stereocenters. The fourth-order valence-electron chi connectivity index (χ4n) is 3.92.